The van der Waals surface area contributed by atoms with Crippen LogP contribution >= 0.6 is 11.6 Å². The van der Waals surface area contributed by atoms with E-state index in [1.807, 2.05) is 38.1 Å². The van der Waals surface area contributed by atoms with Crippen LogP contribution in [0.25, 0.3) is 0 Å². The number of rotatable bonds is 3. The number of hydrogen-bond donors (Lipinski definition) is 0. The lowest BCUT2D eigenvalue weighted by Crippen LogP contribution is -2.17. The number of carbonyl (C=O) groups excluding carboxylic acids is 1. The molecule has 0 fully saturated rings. The number of halogens is 1. The first kappa shape index (κ1) is 13.0. The van der Waals surface area contributed by atoms with Gasteiger partial charge in [-0.3, -0.25) is 0 Å². The Kier molecular flexibility index (Phi) is 3.92. The molecule has 1 aromatic rings. The fourth-order valence-electron chi connectivity index (χ4n) is 2.17. The molecule has 0 amide bonds. The van der Waals surface area contributed by atoms with Crippen molar-refractivity contribution in [3.05, 3.63) is 40.6 Å². The fourth-order valence-corrected chi connectivity index (χ4v) is 2.41. The van der Waals surface area contributed by atoms with Crippen LogP contribution in [0.3, 0.4) is 0 Å². The van der Waals surface area contributed by atoms with Gasteiger partial charge in [0.15, 0.2) is 0 Å². The summed E-state index contributed by atoms with van der Waals surface area (Å²) in [6, 6.07) is 7.65. The van der Waals surface area contributed by atoms with Crippen molar-refractivity contribution in [2.24, 2.45) is 0 Å². The predicted octanol–water partition coefficient (Wildman–Crippen LogP) is 3.39. The third-order valence-corrected chi connectivity index (χ3v) is 3.41. The SMILES string of the molecule is CCOC(=O)C1=C(C)N(c2ccccc2Cl)CC1. The number of hydrogen-bond acceptors (Lipinski definition) is 3. The van der Waals surface area contributed by atoms with E-state index in [2.05, 4.69) is 4.90 Å². The van der Waals surface area contributed by atoms with E-state index in [1.165, 1.54) is 0 Å². The average molecular weight is 266 g/mol. The molecule has 1 aromatic carbocycles. The largest absolute Gasteiger partial charge is 0.463 e. The van der Waals surface area contributed by atoms with Crippen LogP contribution in [0, 0.1) is 0 Å². The first-order chi connectivity index (χ1) is 8.65. The maximum atomic E-state index is 11.8. The standard InChI is InChI=1S/C14H16ClNO2/c1-3-18-14(17)11-8-9-16(10(11)2)13-7-5-4-6-12(13)15/h4-7H,3,8-9H2,1-2H3. The Hall–Kier alpha value is -1.48. The molecule has 0 spiro atoms. The monoisotopic (exact) mass is 265 g/mol. The minimum absolute atomic E-state index is 0.218. The van der Waals surface area contributed by atoms with Gasteiger partial charge in [0.1, 0.15) is 0 Å². The average Bonchev–Trinajstić information content (AvgIpc) is 2.72. The molecule has 3 nitrogen and oxygen atoms in total. The number of anilines is 1. The van der Waals surface area contributed by atoms with E-state index < -0.39 is 0 Å². The molecule has 0 saturated heterocycles. The summed E-state index contributed by atoms with van der Waals surface area (Å²) in [5.41, 5.74) is 2.62. The summed E-state index contributed by atoms with van der Waals surface area (Å²) in [5, 5.41) is 0.696. The summed E-state index contributed by atoms with van der Waals surface area (Å²) in [6.45, 7) is 4.92. The normalized spacial score (nSPS) is 15.2. The molecule has 0 radical (unpaired) electrons. The fraction of sp³-hybridized carbons (Fsp3) is 0.357. The zero-order chi connectivity index (χ0) is 13.1. The number of nitrogens with zero attached hydrogens (tertiary/aromatic N) is 1. The Bertz CT molecular complexity index is 496. The second-order valence-corrected chi connectivity index (χ2v) is 4.54. The molecule has 1 heterocycles. The summed E-state index contributed by atoms with van der Waals surface area (Å²) < 4.78 is 5.05. The molecule has 1 aliphatic rings. The molecule has 4 heteroatoms. The molecule has 18 heavy (non-hydrogen) atoms. The molecule has 2 rings (SSSR count). The highest BCUT2D eigenvalue weighted by Crippen LogP contribution is 2.33. The van der Waals surface area contributed by atoms with Gasteiger partial charge in [0.2, 0.25) is 0 Å². The lowest BCUT2D eigenvalue weighted by atomic mass is 10.2. The Balaban J connectivity index is 2.28. The minimum atomic E-state index is -0.218. The van der Waals surface area contributed by atoms with Gasteiger partial charge in [-0.05, 0) is 32.4 Å². The zero-order valence-electron chi connectivity index (χ0n) is 10.6. The van der Waals surface area contributed by atoms with E-state index in [9.17, 15) is 4.79 Å². The smallest absolute Gasteiger partial charge is 0.335 e. The van der Waals surface area contributed by atoms with E-state index in [0.717, 1.165) is 23.5 Å². The molecule has 0 saturated carbocycles. The minimum Gasteiger partial charge on any atom is -0.463 e. The molecule has 0 aliphatic carbocycles. The van der Waals surface area contributed by atoms with Gasteiger partial charge in [-0.2, -0.15) is 0 Å². The summed E-state index contributed by atoms with van der Waals surface area (Å²) >= 11 is 6.18. The molecule has 96 valence electrons. The number of ether oxygens (including phenoxy) is 1. The van der Waals surface area contributed by atoms with Crippen LogP contribution in [0.4, 0.5) is 5.69 Å². The molecule has 0 N–H and O–H groups in total. The van der Waals surface area contributed by atoms with E-state index in [-0.39, 0.29) is 5.97 Å². The van der Waals surface area contributed by atoms with Crippen molar-refractivity contribution in [1.82, 2.24) is 0 Å². The third-order valence-electron chi connectivity index (χ3n) is 3.09. The number of esters is 1. The van der Waals surface area contributed by atoms with Gasteiger partial charge in [-0.15, -0.1) is 0 Å². The van der Waals surface area contributed by atoms with Gasteiger partial charge < -0.3 is 9.64 Å². The van der Waals surface area contributed by atoms with E-state index in [4.69, 9.17) is 16.3 Å². The quantitative estimate of drug-likeness (QED) is 0.785. The second kappa shape index (κ2) is 5.44. The second-order valence-electron chi connectivity index (χ2n) is 4.14. The van der Waals surface area contributed by atoms with E-state index in [1.54, 1.807) is 0 Å². The van der Waals surface area contributed by atoms with Crippen LogP contribution in [-0.4, -0.2) is 19.1 Å². The van der Waals surface area contributed by atoms with Crippen molar-refractivity contribution in [2.45, 2.75) is 20.3 Å². The van der Waals surface area contributed by atoms with Gasteiger partial charge in [0, 0.05) is 12.2 Å². The number of allylic oxidation sites excluding steroid dienone is 1. The third kappa shape index (κ3) is 2.36. The van der Waals surface area contributed by atoms with Crippen LogP contribution in [0.15, 0.2) is 35.5 Å². The maximum Gasteiger partial charge on any atom is 0.335 e. The molecular weight excluding hydrogens is 250 g/mol. The first-order valence-electron chi connectivity index (χ1n) is 6.04. The van der Waals surface area contributed by atoms with Crippen molar-refractivity contribution in [3.8, 4) is 0 Å². The first-order valence-corrected chi connectivity index (χ1v) is 6.42. The highest BCUT2D eigenvalue weighted by atomic mass is 35.5. The molecular formula is C14H16ClNO2. The molecule has 0 unspecified atom stereocenters. The summed E-state index contributed by atoms with van der Waals surface area (Å²) in [7, 11) is 0. The van der Waals surface area contributed by atoms with Crippen LogP contribution in [0.1, 0.15) is 20.3 Å². The van der Waals surface area contributed by atoms with Gasteiger partial charge in [0.05, 0.1) is 22.9 Å². The highest BCUT2D eigenvalue weighted by Gasteiger charge is 2.26. The van der Waals surface area contributed by atoms with Crippen molar-refractivity contribution >= 4 is 23.3 Å². The van der Waals surface area contributed by atoms with Crippen LogP contribution in [0.5, 0.6) is 0 Å². The van der Waals surface area contributed by atoms with Crippen molar-refractivity contribution in [1.29, 1.82) is 0 Å². The summed E-state index contributed by atoms with van der Waals surface area (Å²) in [5.74, 6) is -0.218. The predicted molar refractivity (Wildman–Crippen MR) is 72.7 cm³/mol. The molecule has 0 bridgehead atoms. The van der Waals surface area contributed by atoms with E-state index >= 15 is 0 Å². The van der Waals surface area contributed by atoms with Gasteiger partial charge in [0.25, 0.3) is 0 Å². The van der Waals surface area contributed by atoms with E-state index in [0.29, 0.717) is 18.1 Å². The summed E-state index contributed by atoms with van der Waals surface area (Å²) in [6.07, 6.45) is 0.704. The van der Waals surface area contributed by atoms with Crippen LogP contribution in [0.2, 0.25) is 5.02 Å². The van der Waals surface area contributed by atoms with Crippen molar-refractivity contribution in [2.75, 3.05) is 18.1 Å². The van der Waals surface area contributed by atoms with Gasteiger partial charge in [-0.1, -0.05) is 23.7 Å². The van der Waals surface area contributed by atoms with Crippen LogP contribution < -0.4 is 4.90 Å². The molecule has 1 aliphatic heterocycles. The van der Waals surface area contributed by atoms with Crippen molar-refractivity contribution < 1.29 is 9.53 Å². The Morgan fingerprint density at radius 2 is 2.17 bits per heavy atom. The lowest BCUT2D eigenvalue weighted by Gasteiger charge is -2.21. The zero-order valence-corrected chi connectivity index (χ0v) is 11.3. The Morgan fingerprint density at radius 3 is 2.83 bits per heavy atom. The highest BCUT2D eigenvalue weighted by molar-refractivity contribution is 6.33. The lowest BCUT2D eigenvalue weighted by molar-refractivity contribution is -0.138. The summed E-state index contributed by atoms with van der Waals surface area (Å²) in [4.78, 5) is 13.8. The van der Waals surface area contributed by atoms with Crippen molar-refractivity contribution in [3.63, 3.8) is 0 Å². The molecule has 0 aromatic heterocycles. The Labute approximate surface area is 112 Å². The van der Waals surface area contributed by atoms with Gasteiger partial charge in [-0.25, -0.2) is 4.79 Å². The number of para-hydroxylation sites is 1. The van der Waals surface area contributed by atoms with Crippen LogP contribution in [-0.2, 0) is 9.53 Å². The Morgan fingerprint density at radius 1 is 1.44 bits per heavy atom. The van der Waals surface area contributed by atoms with Gasteiger partial charge >= 0.3 is 5.97 Å². The molecule has 0 atom stereocenters. The topological polar surface area (TPSA) is 29.5 Å². The maximum absolute atomic E-state index is 11.8. The number of benzene rings is 1. The number of carbonyl (C=O) groups is 1.